The van der Waals surface area contributed by atoms with E-state index in [0.717, 1.165) is 12.0 Å². The third-order valence-electron chi connectivity index (χ3n) is 3.58. The van der Waals surface area contributed by atoms with Gasteiger partial charge in [0.2, 0.25) is 5.89 Å². The number of oxazole rings is 1. The highest BCUT2D eigenvalue weighted by Gasteiger charge is 2.37. The van der Waals surface area contributed by atoms with Crippen LogP contribution in [0.3, 0.4) is 0 Å². The van der Waals surface area contributed by atoms with Crippen molar-refractivity contribution in [1.82, 2.24) is 15.2 Å². The Morgan fingerprint density at radius 1 is 1.27 bits per heavy atom. The second-order valence-electron chi connectivity index (χ2n) is 5.23. The van der Waals surface area contributed by atoms with E-state index in [1.807, 2.05) is 37.3 Å². The molecular weight excluding hydrogens is 282 g/mol. The summed E-state index contributed by atoms with van der Waals surface area (Å²) in [7, 11) is 0. The maximum atomic E-state index is 12.2. The van der Waals surface area contributed by atoms with Crippen molar-refractivity contribution in [1.29, 1.82) is 0 Å². The predicted octanol–water partition coefficient (Wildman–Crippen LogP) is 2.56. The molecule has 6 heteroatoms. The molecule has 1 unspecified atom stereocenters. The summed E-state index contributed by atoms with van der Waals surface area (Å²) in [5.74, 6) is 0.281. The lowest BCUT2D eigenvalue weighted by molar-refractivity contribution is -0.128. The molecule has 0 radical (unpaired) electrons. The average Bonchev–Trinajstić information content (AvgIpc) is 3.10. The van der Waals surface area contributed by atoms with Gasteiger partial charge in [-0.25, -0.2) is 9.78 Å². The number of carbonyl (C=O) groups is 2. The van der Waals surface area contributed by atoms with E-state index in [2.05, 4.69) is 10.3 Å². The first-order valence-corrected chi connectivity index (χ1v) is 7.30. The summed E-state index contributed by atoms with van der Waals surface area (Å²) >= 11 is 0. The quantitative estimate of drug-likeness (QED) is 0.861. The van der Waals surface area contributed by atoms with Crippen LogP contribution in [-0.2, 0) is 11.3 Å². The van der Waals surface area contributed by atoms with Crippen LogP contribution in [0.25, 0.3) is 11.5 Å². The second-order valence-corrected chi connectivity index (χ2v) is 5.23. The van der Waals surface area contributed by atoms with E-state index in [1.54, 1.807) is 0 Å². The third kappa shape index (κ3) is 2.72. The van der Waals surface area contributed by atoms with Gasteiger partial charge in [-0.3, -0.25) is 9.69 Å². The van der Waals surface area contributed by atoms with Crippen molar-refractivity contribution in [3.8, 4) is 11.5 Å². The number of benzene rings is 1. The Labute approximate surface area is 128 Å². The molecule has 1 atom stereocenters. The summed E-state index contributed by atoms with van der Waals surface area (Å²) in [6, 6.07) is 8.69. The summed E-state index contributed by atoms with van der Waals surface area (Å²) in [4.78, 5) is 29.6. The molecular formula is C16H17N3O3. The SMILES string of the molecule is CCCC1NC(=O)N(Cc2coc(-c3ccccc3)n2)C1=O. The maximum absolute atomic E-state index is 12.2. The van der Waals surface area contributed by atoms with E-state index in [4.69, 9.17) is 4.42 Å². The summed E-state index contributed by atoms with van der Waals surface area (Å²) in [5, 5.41) is 2.69. The molecule has 2 heterocycles. The fourth-order valence-electron chi connectivity index (χ4n) is 2.47. The van der Waals surface area contributed by atoms with Crippen molar-refractivity contribution >= 4 is 11.9 Å². The van der Waals surface area contributed by atoms with E-state index in [-0.39, 0.29) is 18.5 Å². The molecule has 0 spiro atoms. The number of hydrogen-bond acceptors (Lipinski definition) is 4. The first-order chi connectivity index (χ1) is 10.7. The number of aromatic nitrogens is 1. The van der Waals surface area contributed by atoms with Crippen molar-refractivity contribution in [2.24, 2.45) is 0 Å². The predicted molar refractivity (Wildman–Crippen MR) is 79.7 cm³/mol. The monoisotopic (exact) mass is 299 g/mol. The van der Waals surface area contributed by atoms with Gasteiger partial charge in [-0.1, -0.05) is 31.5 Å². The summed E-state index contributed by atoms with van der Waals surface area (Å²) in [6.07, 6.45) is 2.97. The van der Waals surface area contributed by atoms with Crippen LogP contribution in [0.5, 0.6) is 0 Å². The zero-order valence-electron chi connectivity index (χ0n) is 12.3. The van der Waals surface area contributed by atoms with Crippen LogP contribution in [0, 0.1) is 0 Å². The Kier molecular flexibility index (Phi) is 3.91. The third-order valence-corrected chi connectivity index (χ3v) is 3.58. The van der Waals surface area contributed by atoms with Gasteiger partial charge in [-0.15, -0.1) is 0 Å². The van der Waals surface area contributed by atoms with Gasteiger partial charge in [0, 0.05) is 5.56 Å². The largest absolute Gasteiger partial charge is 0.444 e. The van der Waals surface area contributed by atoms with Gasteiger partial charge < -0.3 is 9.73 Å². The summed E-state index contributed by atoms with van der Waals surface area (Å²) < 4.78 is 5.43. The van der Waals surface area contributed by atoms with Crippen LogP contribution in [0.2, 0.25) is 0 Å². The zero-order valence-corrected chi connectivity index (χ0v) is 12.3. The number of nitrogens with zero attached hydrogens (tertiary/aromatic N) is 2. The highest BCUT2D eigenvalue weighted by atomic mass is 16.3. The van der Waals surface area contributed by atoms with E-state index in [1.165, 1.54) is 11.2 Å². The minimum Gasteiger partial charge on any atom is -0.444 e. The van der Waals surface area contributed by atoms with Gasteiger partial charge in [0.15, 0.2) is 0 Å². The Bertz CT molecular complexity index is 681. The molecule has 114 valence electrons. The number of urea groups is 1. The molecule has 0 saturated carbocycles. The van der Waals surface area contributed by atoms with Crippen molar-refractivity contribution in [2.75, 3.05) is 0 Å². The van der Waals surface area contributed by atoms with Crippen LogP contribution in [0.1, 0.15) is 25.5 Å². The van der Waals surface area contributed by atoms with Gasteiger partial charge in [0.05, 0.1) is 12.2 Å². The average molecular weight is 299 g/mol. The maximum Gasteiger partial charge on any atom is 0.325 e. The van der Waals surface area contributed by atoms with Crippen LogP contribution >= 0.6 is 0 Å². The summed E-state index contributed by atoms with van der Waals surface area (Å²) in [5.41, 5.74) is 1.41. The molecule has 1 aliphatic heterocycles. The minimum absolute atomic E-state index is 0.126. The molecule has 1 fully saturated rings. The van der Waals surface area contributed by atoms with Crippen molar-refractivity contribution < 1.29 is 14.0 Å². The highest BCUT2D eigenvalue weighted by molar-refractivity contribution is 6.04. The Morgan fingerprint density at radius 2 is 2.05 bits per heavy atom. The smallest absolute Gasteiger partial charge is 0.325 e. The van der Waals surface area contributed by atoms with Gasteiger partial charge in [0.25, 0.3) is 5.91 Å². The number of rotatable bonds is 5. The van der Waals surface area contributed by atoms with Gasteiger partial charge in [-0.2, -0.15) is 0 Å². The standard InChI is InChI=1S/C16H17N3O3/c1-2-6-13-15(20)19(16(21)18-13)9-12-10-22-14(17-12)11-7-4-3-5-8-11/h3-5,7-8,10,13H,2,6,9H2,1H3,(H,18,21). The molecule has 22 heavy (non-hydrogen) atoms. The van der Waals surface area contributed by atoms with Crippen molar-refractivity contribution in [3.63, 3.8) is 0 Å². The lowest BCUT2D eigenvalue weighted by Gasteiger charge is -2.10. The van der Waals surface area contributed by atoms with Crippen LogP contribution < -0.4 is 5.32 Å². The molecule has 1 saturated heterocycles. The number of imide groups is 1. The molecule has 1 aromatic carbocycles. The minimum atomic E-state index is -0.419. The molecule has 1 aliphatic rings. The first kappa shape index (κ1) is 14.3. The van der Waals surface area contributed by atoms with Crippen LogP contribution in [0.15, 0.2) is 41.0 Å². The van der Waals surface area contributed by atoms with Gasteiger partial charge >= 0.3 is 6.03 Å². The van der Waals surface area contributed by atoms with E-state index in [0.29, 0.717) is 18.0 Å². The number of hydrogen-bond donors (Lipinski definition) is 1. The molecule has 2 aromatic rings. The fraction of sp³-hybridized carbons (Fsp3) is 0.312. The number of amides is 3. The molecule has 1 aromatic heterocycles. The highest BCUT2D eigenvalue weighted by Crippen LogP contribution is 2.20. The van der Waals surface area contributed by atoms with E-state index in [9.17, 15) is 9.59 Å². The van der Waals surface area contributed by atoms with E-state index < -0.39 is 6.04 Å². The molecule has 3 rings (SSSR count). The normalized spacial score (nSPS) is 17.9. The topological polar surface area (TPSA) is 75.4 Å². The molecule has 6 nitrogen and oxygen atoms in total. The number of carbonyl (C=O) groups excluding carboxylic acids is 2. The Balaban J connectivity index is 1.73. The summed E-state index contributed by atoms with van der Waals surface area (Å²) in [6.45, 7) is 2.10. The fourth-order valence-corrected chi connectivity index (χ4v) is 2.47. The molecule has 0 bridgehead atoms. The van der Waals surface area contributed by atoms with Crippen LogP contribution in [-0.4, -0.2) is 27.9 Å². The molecule has 0 aliphatic carbocycles. The van der Waals surface area contributed by atoms with E-state index >= 15 is 0 Å². The lowest BCUT2D eigenvalue weighted by atomic mass is 10.2. The van der Waals surface area contributed by atoms with Crippen molar-refractivity contribution in [3.05, 3.63) is 42.3 Å². The molecule has 3 amide bonds. The molecule has 1 N–H and O–H groups in total. The van der Waals surface area contributed by atoms with Crippen LogP contribution in [0.4, 0.5) is 4.79 Å². The van der Waals surface area contributed by atoms with Gasteiger partial charge in [0.1, 0.15) is 12.3 Å². The lowest BCUT2D eigenvalue weighted by Crippen LogP contribution is -2.31. The Morgan fingerprint density at radius 3 is 2.77 bits per heavy atom. The number of nitrogens with one attached hydrogen (secondary N) is 1. The Hall–Kier alpha value is -2.63. The van der Waals surface area contributed by atoms with Crippen molar-refractivity contribution in [2.45, 2.75) is 32.4 Å². The second kappa shape index (κ2) is 6.01. The zero-order chi connectivity index (χ0) is 15.5. The first-order valence-electron chi connectivity index (χ1n) is 7.30. The van der Waals surface area contributed by atoms with Gasteiger partial charge in [-0.05, 0) is 18.6 Å².